The van der Waals surface area contributed by atoms with Crippen LogP contribution in [0, 0.1) is 5.92 Å². The predicted molar refractivity (Wildman–Crippen MR) is 74.4 cm³/mol. The first-order chi connectivity index (χ1) is 8.59. The summed E-state index contributed by atoms with van der Waals surface area (Å²) >= 11 is 0. The van der Waals surface area contributed by atoms with Crippen LogP contribution in [-0.4, -0.2) is 41.8 Å². The van der Waals surface area contributed by atoms with Crippen molar-refractivity contribution in [2.24, 2.45) is 11.7 Å². The van der Waals surface area contributed by atoms with Gasteiger partial charge in [0.1, 0.15) is 0 Å². The fourth-order valence-corrected chi connectivity index (χ4v) is 2.82. The van der Waals surface area contributed by atoms with Gasteiger partial charge in [0.25, 0.3) is 0 Å². The van der Waals surface area contributed by atoms with Crippen molar-refractivity contribution in [1.82, 2.24) is 4.90 Å². The summed E-state index contributed by atoms with van der Waals surface area (Å²) in [6.07, 6.45) is 1.87. The van der Waals surface area contributed by atoms with E-state index < -0.39 is 5.60 Å². The number of likely N-dealkylation sites (tertiary alicyclic amines) is 1. The van der Waals surface area contributed by atoms with Gasteiger partial charge in [0.15, 0.2) is 0 Å². The lowest BCUT2D eigenvalue weighted by Gasteiger charge is -2.29. The predicted octanol–water partition coefficient (Wildman–Crippen LogP) is 1.26. The van der Waals surface area contributed by atoms with Crippen LogP contribution in [0.1, 0.15) is 18.9 Å². The monoisotopic (exact) mass is 248 g/mol. The molecule has 0 bridgehead atoms. The van der Waals surface area contributed by atoms with Gasteiger partial charge in [0.2, 0.25) is 0 Å². The first kappa shape index (κ1) is 13.5. The molecule has 1 aromatic carbocycles. The third kappa shape index (κ3) is 3.80. The number of hydrogen-bond donors (Lipinski definition) is 2. The molecule has 2 rings (SSSR count). The molecule has 2 atom stereocenters. The van der Waals surface area contributed by atoms with E-state index >= 15 is 0 Å². The third-order valence-corrected chi connectivity index (χ3v) is 3.70. The van der Waals surface area contributed by atoms with Crippen LogP contribution in [0.4, 0.5) is 0 Å². The Hall–Kier alpha value is -0.900. The van der Waals surface area contributed by atoms with Crippen molar-refractivity contribution in [2.75, 3.05) is 26.2 Å². The highest BCUT2D eigenvalue weighted by molar-refractivity contribution is 5.17. The van der Waals surface area contributed by atoms with Gasteiger partial charge in [0, 0.05) is 19.5 Å². The van der Waals surface area contributed by atoms with E-state index in [9.17, 15) is 5.11 Å². The summed E-state index contributed by atoms with van der Waals surface area (Å²) in [6, 6.07) is 10.2. The Labute approximate surface area is 110 Å². The molecular formula is C15H24N2O. The average molecular weight is 248 g/mol. The van der Waals surface area contributed by atoms with Gasteiger partial charge in [-0.1, -0.05) is 30.3 Å². The maximum Gasteiger partial charge on any atom is 0.0786 e. The molecule has 3 N–H and O–H groups in total. The lowest BCUT2D eigenvalue weighted by Crippen LogP contribution is -2.41. The van der Waals surface area contributed by atoms with Crippen LogP contribution in [0.3, 0.4) is 0 Å². The van der Waals surface area contributed by atoms with Gasteiger partial charge in [-0.15, -0.1) is 0 Å². The number of nitrogens with zero attached hydrogens (tertiary/aromatic N) is 1. The maximum atomic E-state index is 10.5. The van der Waals surface area contributed by atoms with Crippen LogP contribution in [-0.2, 0) is 6.42 Å². The van der Waals surface area contributed by atoms with Gasteiger partial charge >= 0.3 is 0 Å². The fraction of sp³-hybridized carbons (Fsp3) is 0.600. The Bertz CT molecular complexity index is 364. The van der Waals surface area contributed by atoms with E-state index in [0.29, 0.717) is 12.3 Å². The summed E-state index contributed by atoms with van der Waals surface area (Å²) in [7, 11) is 0. The van der Waals surface area contributed by atoms with E-state index in [1.807, 2.05) is 25.1 Å². The molecule has 2 unspecified atom stereocenters. The second kappa shape index (κ2) is 5.83. The fourth-order valence-electron chi connectivity index (χ4n) is 2.82. The molecule has 1 aliphatic heterocycles. The summed E-state index contributed by atoms with van der Waals surface area (Å²) in [5.74, 6) is 0.609. The zero-order valence-electron chi connectivity index (χ0n) is 11.2. The Morgan fingerprint density at radius 1 is 1.39 bits per heavy atom. The van der Waals surface area contributed by atoms with Crippen LogP contribution in [0.15, 0.2) is 30.3 Å². The highest BCUT2D eigenvalue weighted by Gasteiger charge is 2.29. The molecule has 3 heteroatoms. The average Bonchev–Trinajstić information content (AvgIpc) is 2.76. The first-order valence-electron chi connectivity index (χ1n) is 6.78. The van der Waals surface area contributed by atoms with E-state index in [1.54, 1.807) is 0 Å². The summed E-state index contributed by atoms with van der Waals surface area (Å²) in [5.41, 5.74) is 6.22. The van der Waals surface area contributed by atoms with E-state index in [2.05, 4.69) is 17.0 Å². The Kier molecular flexibility index (Phi) is 4.38. The molecule has 0 aliphatic carbocycles. The number of nitrogens with two attached hydrogens (primary N) is 1. The first-order valence-corrected chi connectivity index (χ1v) is 6.78. The molecule has 0 spiro atoms. The van der Waals surface area contributed by atoms with Crippen molar-refractivity contribution in [3.05, 3.63) is 35.9 Å². The van der Waals surface area contributed by atoms with Crippen LogP contribution in [0.2, 0.25) is 0 Å². The van der Waals surface area contributed by atoms with Crippen molar-refractivity contribution in [1.29, 1.82) is 0 Å². The molecule has 0 radical (unpaired) electrons. The second-order valence-electron chi connectivity index (χ2n) is 5.78. The van der Waals surface area contributed by atoms with Crippen molar-refractivity contribution in [3.63, 3.8) is 0 Å². The van der Waals surface area contributed by atoms with Crippen molar-refractivity contribution in [2.45, 2.75) is 25.4 Å². The minimum absolute atomic E-state index is 0.609. The summed E-state index contributed by atoms with van der Waals surface area (Å²) in [6.45, 7) is 5.51. The number of benzene rings is 1. The molecular weight excluding hydrogens is 224 g/mol. The number of aliphatic hydroxyl groups is 1. The van der Waals surface area contributed by atoms with Crippen LogP contribution >= 0.6 is 0 Å². The molecule has 3 nitrogen and oxygen atoms in total. The highest BCUT2D eigenvalue weighted by Crippen LogP contribution is 2.20. The topological polar surface area (TPSA) is 49.5 Å². The van der Waals surface area contributed by atoms with Crippen LogP contribution < -0.4 is 5.73 Å². The molecule has 0 aromatic heterocycles. The number of rotatable bonds is 5. The molecule has 1 fully saturated rings. The molecule has 1 heterocycles. The SMILES string of the molecule is CC(O)(Cc1ccccc1)CN1CCC(CN)C1. The zero-order chi connectivity index (χ0) is 13.0. The largest absolute Gasteiger partial charge is 0.388 e. The molecule has 0 saturated carbocycles. The maximum absolute atomic E-state index is 10.5. The van der Waals surface area contributed by atoms with E-state index in [4.69, 9.17) is 5.73 Å². The molecule has 1 aromatic rings. The van der Waals surface area contributed by atoms with Gasteiger partial charge in [-0.25, -0.2) is 0 Å². The summed E-state index contributed by atoms with van der Waals surface area (Å²) < 4.78 is 0. The minimum atomic E-state index is -0.662. The highest BCUT2D eigenvalue weighted by atomic mass is 16.3. The molecule has 0 amide bonds. The summed E-state index contributed by atoms with van der Waals surface area (Å²) in [4.78, 5) is 2.33. The third-order valence-electron chi connectivity index (χ3n) is 3.70. The van der Waals surface area contributed by atoms with Crippen LogP contribution in [0.25, 0.3) is 0 Å². The smallest absolute Gasteiger partial charge is 0.0786 e. The second-order valence-corrected chi connectivity index (χ2v) is 5.78. The van der Waals surface area contributed by atoms with Gasteiger partial charge in [-0.3, -0.25) is 0 Å². The zero-order valence-corrected chi connectivity index (χ0v) is 11.2. The lowest BCUT2D eigenvalue weighted by atomic mass is 9.96. The molecule has 1 saturated heterocycles. The molecule has 100 valence electrons. The number of β-amino-alcohol motifs (C(OH)–C–C–N with tert-alkyl or cyclic N) is 1. The van der Waals surface area contributed by atoms with E-state index in [1.165, 1.54) is 5.56 Å². The lowest BCUT2D eigenvalue weighted by molar-refractivity contribution is 0.0258. The minimum Gasteiger partial charge on any atom is -0.388 e. The van der Waals surface area contributed by atoms with Gasteiger partial charge < -0.3 is 15.7 Å². The van der Waals surface area contributed by atoms with Crippen molar-refractivity contribution >= 4 is 0 Å². The van der Waals surface area contributed by atoms with Crippen LogP contribution in [0.5, 0.6) is 0 Å². The van der Waals surface area contributed by atoms with Crippen molar-refractivity contribution in [3.8, 4) is 0 Å². The molecule has 1 aliphatic rings. The Balaban J connectivity index is 1.88. The normalized spacial score (nSPS) is 24.1. The quantitative estimate of drug-likeness (QED) is 0.825. The Morgan fingerprint density at radius 3 is 2.72 bits per heavy atom. The standard InChI is InChI=1S/C15H24N2O/c1-15(18,9-13-5-3-2-4-6-13)12-17-8-7-14(10-16)11-17/h2-6,14,18H,7-12,16H2,1H3. The Morgan fingerprint density at radius 2 is 2.11 bits per heavy atom. The van der Waals surface area contributed by atoms with Gasteiger partial charge in [-0.05, 0) is 37.9 Å². The summed E-state index contributed by atoms with van der Waals surface area (Å²) in [5, 5.41) is 10.5. The van der Waals surface area contributed by atoms with Gasteiger partial charge in [0.05, 0.1) is 5.60 Å². The van der Waals surface area contributed by atoms with Gasteiger partial charge in [-0.2, -0.15) is 0 Å². The van der Waals surface area contributed by atoms with E-state index in [0.717, 1.165) is 32.6 Å². The van der Waals surface area contributed by atoms with E-state index in [-0.39, 0.29) is 0 Å². The molecule has 18 heavy (non-hydrogen) atoms. The van der Waals surface area contributed by atoms with Crippen molar-refractivity contribution < 1.29 is 5.11 Å². The number of hydrogen-bond acceptors (Lipinski definition) is 3.